The molecule has 0 saturated carbocycles. The van der Waals surface area contributed by atoms with Gasteiger partial charge in [0.1, 0.15) is 11.6 Å². The maximum atomic E-state index is 10.9. The highest BCUT2D eigenvalue weighted by molar-refractivity contribution is 5.96. The molecule has 0 atom stereocenters. The average Bonchev–Trinajstić information content (AvgIpc) is 2.67. The number of anilines is 1. The van der Waals surface area contributed by atoms with Gasteiger partial charge in [0.25, 0.3) is 0 Å². The summed E-state index contributed by atoms with van der Waals surface area (Å²) in [4.78, 5) is 13.2. The molecular formula is C20H18N2O3. The Morgan fingerprint density at radius 3 is 2.12 bits per heavy atom. The summed E-state index contributed by atoms with van der Waals surface area (Å²) in [7, 11) is 0. The molecule has 126 valence electrons. The third-order valence-electron chi connectivity index (χ3n) is 4.15. The van der Waals surface area contributed by atoms with Gasteiger partial charge in [-0.15, -0.1) is 0 Å². The van der Waals surface area contributed by atoms with E-state index in [-0.39, 0.29) is 5.57 Å². The Morgan fingerprint density at radius 1 is 1.04 bits per heavy atom. The quantitative estimate of drug-likeness (QED) is 0.687. The van der Waals surface area contributed by atoms with Gasteiger partial charge < -0.3 is 14.7 Å². The lowest BCUT2D eigenvalue weighted by molar-refractivity contribution is -0.132. The van der Waals surface area contributed by atoms with Crippen LogP contribution in [0.4, 0.5) is 5.69 Å². The minimum Gasteiger partial charge on any atom is -0.477 e. The molecule has 1 N–H and O–H groups in total. The van der Waals surface area contributed by atoms with Crippen molar-refractivity contribution >= 4 is 17.7 Å². The van der Waals surface area contributed by atoms with E-state index in [0.29, 0.717) is 5.56 Å². The van der Waals surface area contributed by atoms with Crippen LogP contribution in [0.1, 0.15) is 5.56 Å². The summed E-state index contributed by atoms with van der Waals surface area (Å²) in [5, 5.41) is 17.7. The molecule has 1 heterocycles. The third-order valence-corrected chi connectivity index (χ3v) is 4.15. The van der Waals surface area contributed by atoms with E-state index in [1.54, 1.807) is 6.07 Å². The number of morpholine rings is 1. The maximum Gasteiger partial charge on any atom is 0.346 e. The highest BCUT2D eigenvalue weighted by atomic mass is 16.5. The standard InChI is InChI=1S/C20H18N2O3/c21-14-18(20(23)24)13-15-1-3-16(4-2-15)17-5-7-19(8-6-17)22-9-11-25-12-10-22/h1-8,13H,9-12H2,(H,23,24). The van der Waals surface area contributed by atoms with Crippen LogP contribution in [0, 0.1) is 11.3 Å². The summed E-state index contributed by atoms with van der Waals surface area (Å²) in [5.41, 5.74) is 3.73. The molecular weight excluding hydrogens is 316 g/mol. The average molecular weight is 334 g/mol. The molecule has 1 aliphatic heterocycles. The van der Waals surface area contributed by atoms with E-state index in [1.165, 1.54) is 11.8 Å². The van der Waals surface area contributed by atoms with E-state index < -0.39 is 5.97 Å². The van der Waals surface area contributed by atoms with Gasteiger partial charge in [0.05, 0.1) is 13.2 Å². The molecule has 0 aromatic heterocycles. The number of carboxylic acid groups (broad SMARTS) is 1. The highest BCUT2D eigenvalue weighted by Crippen LogP contribution is 2.24. The van der Waals surface area contributed by atoms with Crippen LogP contribution in [-0.2, 0) is 9.53 Å². The highest BCUT2D eigenvalue weighted by Gasteiger charge is 2.11. The molecule has 0 amide bonds. The molecule has 25 heavy (non-hydrogen) atoms. The molecule has 1 aliphatic rings. The molecule has 3 rings (SSSR count). The summed E-state index contributed by atoms with van der Waals surface area (Å²) in [5.74, 6) is -1.22. The van der Waals surface area contributed by atoms with E-state index >= 15 is 0 Å². The van der Waals surface area contributed by atoms with Gasteiger partial charge in [-0.25, -0.2) is 4.79 Å². The van der Waals surface area contributed by atoms with Gasteiger partial charge >= 0.3 is 5.97 Å². The third kappa shape index (κ3) is 4.06. The molecule has 1 fully saturated rings. The fourth-order valence-corrected chi connectivity index (χ4v) is 2.77. The maximum absolute atomic E-state index is 10.9. The number of rotatable bonds is 4. The lowest BCUT2D eigenvalue weighted by atomic mass is 10.0. The number of benzene rings is 2. The van der Waals surface area contributed by atoms with E-state index in [0.717, 1.165) is 37.4 Å². The van der Waals surface area contributed by atoms with Gasteiger partial charge in [-0.2, -0.15) is 5.26 Å². The lowest BCUT2D eigenvalue weighted by Crippen LogP contribution is -2.36. The smallest absolute Gasteiger partial charge is 0.346 e. The Balaban J connectivity index is 1.76. The molecule has 2 aromatic rings. The predicted octanol–water partition coefficient (Wildman–Crippen LogP) is 3.18. The number of hydrogen-bond donors (Lipinski definition) is 1. The summed E-state index contributed by atoms with van der Waals surface area (Å²) < 4.78 is 5.37. The largest absolute Gasteiger partial charge is 0.477 e. The van der Waals surface area contributed by atoms with Crippen molar-refractivity contribution in [3.05, 3.63) is 59.7 Å². The molecule has 2 aromatic carbocycles. The van der Waals surface area contributed by atoms with Crippen molar-refractivity contribution in [3.63, 3.8) is 0 Å². The van der Waals surface area contributed by atoms with Gasteiger partial charge in [0.15, 0.2) is 0 Å². The van der Waals surface area contributed by atoms with Crippen LogP contribution in [0.2, 0.25) is 0 Å². The fraction of sp³-hybridized carbons (Fsp3) is 0.200. The van der Waals surface area contributed by atoms with Gasteiger partial charge in [0.2, 0.25) is 0 Å². The first-order chi connectivity index (χ1) is 12.2. The summed E-state index contributed by atoms with van der Waals surface area (Å²) >= 11 is 0. The molecule has 0 unspecified atom stereocenters. The van der Waals surface area contributed by atoms with Crippen molar-refractivity contribution in [1.29, 1.82) is 5.26 Å². The Kier molecular flexibility index (Phi) is 5.12. The second-order valence-corrected chi connectivity index (χ2v) is 5.74. The van der Waals surface area contributed by atoms with Crippen molar-refractivity contribution in [2.45, 2.75) is 0 Å². The molecule has 0 bridgehead atoms. The first-order valence-corrected chi connectivity index (χ1v) is 8.05. The zero-order valence-electron chi connectivity index (χ0n) is 13.7. The number of aliphatic carboxylic acids is 1. The second-order valence-electron chi connectivity index (χ2n) is 5.74. The first kappa shape index (κ1) is 16.7. The van der Waals surface area contributed by atoms with Gasteiger partial charge in [-0.05, 0) is 34.9 Å². The fourth-order valence-electron chi connectivity index (χ4n) is 2.77. The zero-order valence-corrected chi connectivity index (χ0v) is 13.7. The molecule has 5 nitrogen and oxygen atoms in total. The van der Waals surface area contributed by atoms with Crippen molar-refractivity contribution in [3.8, 4) is 17.2 Å². The number of carbonyl (C=O) groups is 1. The van der Waals surface area contributed by atoms with E-state index in [4.69, 9.17) is 15.1 Å². The van der Waals surface area contributed by atoms with Crippen molar-refractivity contribution in [2.24, 2.45) is 0 Å². The molecule has 1 saturated heterocycles. The van der Waals surface area contributed by atoms with Crippen molar-refractivity contribution in [1.82, 2.24) is 0 Å². The van der Waals surface area contributed by atoms with Crippen LogP contribution >= 0.6 is 0 Å². The topological polar surface area (TPSA) is 73.6 Å². The van der Waals surface area contributed by atoms with Crippen LogP contribution in [0.15, 0.2) is 54.1 Å². The van der Waals surface area contributed by atoms with E-state index in [2.05, 4.69) is 29.2 Å². The SMILES string of the molecule is N#CC(=Cc1ccc(-c2ccc(N3CCOCC3)cc2)cc1)C(=O)O. The summed E-state index contributed by atoms with van der Waals surface area (Å²) in [6.45, 7) is 3.34. The van der Waals surface area contributed by atoms with E-state index in [9.17, 15) is 4.79 Å². The number of ether oxygens (including phenoxy) is 1. The number of nitriles is 1. The molecule has 5 heteroatoms. The number of carboxylic acids is 1. The van der Waals surface area contributed by atoms with Crippen molar-refractivity contribution < 1.29 is 14.6 Å². The lowest BCUT2D eigenvalue weighted by Gasteiger charge is -2.28. The monoisotopic (exact) mass is 334 g/mol. The number of nitrogens with zero attached hydrogens (tertiary/aromatic N) is 2. The molecule has 0 aliphatic carbocycles. The van der Waals surface area contributed by atoms with Crippen LogP contribution in [0.5, 0.6) is 0 Å². The van der Waals surface area contributed by atoms with Crippen LogP contribution in [0.25, 0.3) is 17.2 Å². The van der Waals surface area contributed by atoms with Gasteiger partial charge in [0, 0.05) is 18.8 Å². The Labute approximate surface area is 146 Å². The number of hydrogen-bond acceptors (Lipinski definition) is 4. The Bertz CT molecular complexity index is 812. The zero-order chi connectivity index (χ0) is 17.6. The summed E-state index contributed by atoms with van der Waals surface area (Å²) in [6.07, 6.45) is 1.37. The van der Waals surface area contributed by atoms with Gasteiger partial charge in [-0.3, -0.25) is 0 Å². The second kappa shape index (κ2) is 7.65. The van der Waals surface area contributed by atoms with Gasteiger partial charge in [-0.1, -0.05) is 36.4 Å². The molecule has 0 radical (unpaired) electrons. The normalized spacial score (nSPS) is 14.8. The van der Waals surface area contributed by atoms with Crippen molar-refractivity contribution in [2.75, 3.05) is 31.2 Å². The van der Waals surface area contributed by atoms with Crippen LogP contribution < -0.4 is 4.90 Å². The minimum atomic E-state index is -1.22. The Hall–Kier alpha value is -3.10. The Morgan fingerprint density at radius 2 is 1.60 bits per heavy atom. The summed E-state index contributed by atoms with van der Waals surface area (Å²) in [6, 6.07) is 17.5. The van der Waals surface area contributed by atoms with E-state index in [1.807, 2.05) is 24.3 Å². The minimum absolute atomic E-state index is 0.275. The van der Waals surface area contributed by atoms with Crippen LogP contribution in [-0.4, -0.2) is 37.4 Å². The predicted molar refractivity (Wildman–Crippen MR) is 96.1 cm³/mol. The molecule has 0 spiro atoms. The van der Waals surface area contributed by atoms with Crippen LogP contribution in [0.3, 0.4) is 0 Å². The first-order valence-electron chi connectivity index (χ1n) is 8.05.